The SMILES string of the molecule is C=CCCC[C@@H]1CCCCN1c1cc(Cl)c(C#N)cc1[N+](=O)[O-]. The zero-order chi connectivity index (χ0) is 16.8. The molecule has 6 heteroatoms. The number of piperidine rings is 1. The van der Waals surface area contributed by atoms with Crippen LogP contribution < -0.4 is 4.90 Å². The first-order valence-corrected chi connectivity index (χ1v) is 8.22. The van der Waals surface area contributed by atoms with Crippen LogP contribution in [0.5, 0.6) is 0 Å². The highest BCUT2D eigenvalue weighted by molar-refractivity contribution is 6.32. The van der Waals surface area contributed by atoms with E-state index < -0.39 is 4.92 Å². The van der Waals surface area contributed by atoms with E-state index in [2.05, 4.69) is 11.5 Å². The fraction of sp³-hybridized carbons (Fsp3) is 0.471. The molecule has 0 aliphatic carbocycles. The molecule has 0 spiro atoms. The predicted molar refractivity (Wildman–Crippen MR) is 91.9 cm³/mol. The van der Waals surface area contributed by atoms with Gasteiger partial charge < -0.3 is 4.90 Å². The number of hydrogen-bond acceptors (Lipinski definition) is 4. The van der Waals surface area contributed by atoms with Crippen LogP contribution in [0.15, 0.2) is 24.8 Å². The second-order valence-electron chi connectivity index (χ2n) is 5.75. The molecule has 0 unspecified atom stereocenters. The van der Waals surface area contributed by atoms with Crippen LogP contribution in [-0.4, -0.2) is 17.5 Å². The highest BCUT2D eigenvalue weighted by atomic mass is 35.5. The fourth-order valence-electron chi connectivity index (χ4n) is 3.13. The van der Waals surface area contributed by atoms with Gasteiger partial charge in [0.05, 0.1) is 15.5 Å². The van der Waals surface area contributed by atoms with E-state index >= 15 is 0 Å². The molecule has 0 saturated carbocycles. The number of nitrogens with zero attached hydrogens (tertiary/aromatic N) is 3. The molecule has 1 heterocycles. The lowest BCUT2D eigenvalue weighted by molar-refractivity contribution is -0.384. The van der Waals surface area contributed by atoms with Crippen molar-refractivity contribution in [1.29, 1.82) is 5.26 Å². The van der Waals surface area contributed by atoms with Gasteiger partial charge in [0.2, 0.25) is 0 Å². The summed E-state index contributed by atoms with van der Waals surface area (Å²) in [6.45, 7) is 4.52. The minimum absolute atomic E-state index is 0.0402. The molecule has 1 aliphatic rings. The van der Waals surface area contributed by atoms with Gasteiger partial charge in [-0.1, -0.05) is 17.7 Å². The van der Waals surface area contributed by atoms with Crippen molar-refractivity contribution < 1.29 is 4.92 Å². The fourth-order valence-corrected chi connectivity index (χ4v) is 3.33. The summed E-state index contributed by atoms with van der Waals surface area (Å²) in [6, 6.07) is 5.04. The Hall–Kier alpha value is -2.06. The summed E-state index contributed by atoms with van der Waals surface area (Å²) in [5.41, 5.74) is 0.631. The van der Waals surface area contributed by atoms with Crippen molar-refractivity contribution in [3.8, 4) is 6.07 Å². The average Bonchev–Trinajstić information content (AvgIpc) is 2.55. The molecule has 0 aromatic heterocycles. The van der Waals surface area contributed by atoms with Gasteiger partial charge in [-0.05, 0) is 44.6 Å². The number of benzene rings is 1. The zero-order valence-corrected chi connectivity index (χ0v) is 13.8. The topological polar surface area (TPSA) is 70.2 Å². The molecule has 0 N–H and O–H groups in total. The van der Waals surface area contributed by atoms with Gasteiger partial charge in [-0.3, -0.25) is 10.1 Å². The zero-order valence-electron chi connectivity index (χ0n) is 13.0. The Morgan fingerprint density at radius 1 is 1.52 bits per heavy atom. The Morgan fingerprint density at radius 3 is 2.96 bits per heavy atom. The number of nitro benzene ring substituents is 1. The summed E-state index contributed by atoms with van der Waals surface area (Å²) >= 11 is 6.11. The maximum Gasteiger partial charge on any atom is 0.293 e. The van der Waals surface area contributed by atoms with Gasteiger partial charge in [0.25, 0.3) is 5.69 Å². The van der Waals surface area contributed by atoms with E-state index in [1.807, 2.05) is 12.1 Å². The number of hydrogen-bond donors (Lipinski definition) is 0. The summed E-state index contributed by atoms with van der Waals surface area (Å²) < 4.78 is 0. The molecule has 0 amide bonds. The Balaban J connectivity index is 2.36. The smallest absolute Gasteiger partial charge is 0.293 e. The van der Waals surface area contributed by atoms with Crippen molar-refractivity contribution in [3.05, 3.63) is 45.5 Å². The third-order valence-electron chi connectivity index (χ3n) is 4.26. The van der Waals surface area contributed by atoms with Crippen LogP contribution in [0.3, 0.4) is 0 Å². The molecule has 122 valence electrons. The largest absolute Gasteiger partial charge is 0.363 e. The number of nitriles is 1. The van der Waals surface area contributed by atoms with Gasteiger partial charge in [0.1, 0.15) is 11.8 Å². The molecule has 1 fully saturated rings. The highest BCUT2D eigenvalue weighted by Gasteiger charge is 2.29. The second-order valence-corrected chi connectivity index (χ2v) is 6.16. The lowest BCUT2D eigenvalue weighted by Crippen LogP contribution is -2.40. The van der Waals surface area contributed by atoms with Crippen LogP contribution in [0.4, 0.5) is 11.4 Å². The minimum atomic E-state index is -0.429. The molecule has 1 saturated heterocycles. The monoisotopic (exact) mass is 333 g/mol. The average molecular weight is 334 g/mol. The number of halogens is 1. The second kappa shape index (κ2) is 7.98. The van der Waals surface area contributed by atoms with Gasteiger partial charge in [-0.15, -0.1) is 6.58 Å². The quantitative estimate of drug-likeness (QED) is 0.323. The van der Waals surface area contributed by atoms with Crippen molar-refractivity contribution >= 4 is 23.0 Å². The standard InChI is InChI=1S/C17H20ClN3O2/c1-2-3-4-7-14-8-5-6-9-20(14)16-11-15(18)13(12-19)10-17(16)21(22)23/h2,10-11,14H,1,3-9H2/t14-/m1/s1. The van der Waals surface area contributed by atoms with E-state index in [-0.39, 0.29) is 22.3 Å². The van der Waals surface area contributed by atoms with Gasteiger partial charge in [0, 0.05) is 18.7 Å². The van der Waals surface area contributed by atoms with Crippen LogP contribution in [-0.2, 0) is 0 Å². The number of rotatable bonds is 6. The maximum absolute atomic E-state index is 11.4. The van der Waals surface area contributed by atoms with Crippen LogP contribution in [0.25, 0.3) is 0 Å². The molecule has 23 heavy (non-hydrogen) atoms. The van der Waals surface area contributed by atoms with Crippen LogP contribution in [0.2, 0.25) is 5.02 Å². The number of nitro groups is 1. The summed E-state index contributed by atoms with van der Waals surface area (Å²) in [5.74, 6) is 0. The van der Waals surface area contributed by atoms with Crippen LogP contribution >= 0.6 is 11.6 Å². The van der Waals surface area contributed by atoms with Gasteiger partial charge in [-0.25, -0.2) is 0 Å². The summed E-state index contributed by atoms with van der Waals surface area (Å²) in [7, 11) is 0. The third kappa shape index (κ3) is 4.02. The van der Waals surface area contributed by atoms with E-state index in [0.29, 0.717) is 5.69 Å². The molecule has 1 aliphatic heterocycles. The molecular weight excluding hydrogens is 314 g/mol. The van der Waals surface area contributed by atoms with Crippen molar-refractivity contribution in [2.75, 3.05) is 11.4 Å². The Kier molecular flexibility index (Phi) is 6.00. The van der Waals surface area contributed by atoms with Crippen molar-refractivity contribution in [2.45, 2.75) is 44.6 Å². The van der Waals surface area contributed by atoms with E-state index in [9.17, 15) is 10.1 Å². The minimum Gasteiger partial charge on any atom is -0.363 e. The van der Waals surface area contributed by atoms with Crippen molar-refractivity contribution in [1.82, 2.24) is 0 Å². The number of anilines is 1. The molecule has 1 aromatic rings. The molecule has 2 rings (SSSR count). The molecule has 5 nitrogen and oxygen atoms in total. The Morgan fingerprint density at radius 2 is 2.30 bits per heavy atom. The lowest BCUT2D eigenvalue weighted by atomic mass is 9.96. The van der Waals surface area contributed by atoms with Gasteiger partial charge in [-0.2, -0.15) is 5.26 Å². The molecular formula is C17H20ClN3O2. The lowest BCUT2D eigenvalue weighted by Gasteiger charge is -2.37. The summed E-state index contributed by atoms with van der Waals surface area (Å²) in [6.07, 6.45) is 7.99. The maximum atomic E-state index is 11.4. The van der Waals surface area contributed by atoms with E-state index in [1.165, 1.54) is 6.07 Å². The highest BCUT2D eigenvalue weighted by Crippen LogP contribution is 2.37. The first-order chi connectivity index (χ1) is 11.1. The van der Waals surface area contributed by atoms with Crippen LogP contribution in [0.1, 0.15) is 44.1 Å². The summed E-state index contributed by atoms with van der Waals surface area (Å²) in [5, 5.41) is 20.7. The first-order valence-electron chi connectivity index (χ1n) is 7.84. The van der Waals surface area contributed by atoms with Gasteiger partial charge in [0.15, 0.2) is 0 Å². The molecule has 1 atom stereocenters. The molecule has 0 bridgehead atoms. The normalized spacial score (nSPS) is 17.6. The third-order valence-corrected chi connectivity index (χ3v) is 4.58. The van der Waals surface area contributed by atoms with E-state index in [1.54, 1.807) is 6.07 Å². The van der Waals surface area contributed by atoms with E-state index in [0.717, 1.165) is 45.1 Å². The van der Waals surface area contributed by atoms with Crippen molar-refractivity contribution in [3.63, 3.8) is 0 Å². The van der Waals surface area contributed by atoms with Crippen molar-refractivity contribution in [2.24, 2.45) is 0 Å². The van der Waals surface area contributed by atoms with Gasteiger partial charge >= 0.3 is 0 Å². The Labute approximate surface area is 141 Å². The van der Waals surface area contributed by atoms with Crippen LogP contribution in [0, 0.1) is 21.4 Å². The van der Waals surface area contributed by atoms with E-state index in [4.69, 9.17) is 16.9 Å². The molecule has 0 radical (unpaired) electrons. The summed E-state index contributed by atoms with van der Waals surface area (Å²) in [4.78, 5) is 13.1. The number of allylic oxidation sites excluding steroid dienone is 1. The predicted octanol–water partition coefficient (Wildman–Crippen LogP) is 4.84. The first kappa shape index (κ1) is 17.3. The molecule has 1 aromatic carbocycles. The number of unbranched alkanes of at least 4 members (excludes halogenated alkanes) is 1. The Bertz CT molecular complexity index is 639.